The van der Waals surface area contributed by atoms with Gasteiger partial charge < -0.3 is 14.8 Å². The number of rotatable bonds is 6. The summed E-state index contributed by atoms with van der Waals surface area (Å²) >= 11 is 2.19. The van der Waals surface area contributed by atoms with E-state index in [0.717, 1.165) is 9.26 Å². The fourth-order valence-electron chi connectivity index (χ4n) is 2.17. The van der Waals surface area contributed by atoms with E-state index in [1.165, 1.54) is 18.3 Å². The van der Waals surface area contributed by atoms with Crippen LogP contribution in [0, 0.1) is 13.7 Å². The van der Waals surface area contributed by atoms with Gasteiger partial charge in [0, 0.05) is 9.26 Å². The third-order valence-electron chi connectivity index (χ3n) is 3.41. The molecule has 0 saturated carbocycles. The molecule has 1 amide bonds. The predicted octanol–water partition coefficient (Wildman–Crippen LogP) is 2.49. The first-order valence-electron chi connectivity index (χ1n) is 7.42. The second kappa shape index (κ2) is 7.99. The molecule has 9 nitrogen and oxygen atoms in total. The molecule has 0 bridgehead atoms. The monoisotopic (exact) mass is 468 g/mol. The van der Waals surface area contributed by atoms with Crippen LogP contribution >= 0.6 is 22.6 Å². The number of anilines is 1. The lowest BCUT2D eigenvalue weighted by molar-refractivity contribution is -0.385. The van der Waals surface area contributed by atoms with Gasteiger partial charge in [-0.15, -0.1) is 0 Å². The van der Waals surface area contributed by atoms with E-state index in [0.29, 0.717) is 11.5 Å². The highest BCUT2D eigenvalue weighted by molar-refractivity contribution is 14.1. The van der Waals surface area contributed by atoms with Crippen molar-refractivity contribution in [1.82, 2.24) is 5.43 Å². The lowest BCUT2D eigenvalue weighted by Gasteiger charge is -2.05. The third kappa shape index (κ3) is 4.39. The Kier molecular flexibility index (Phi) is 5.51. The molecule has 0 unspecified atom stereocenters. The minimum absolute atomic E-state index is 0.00796. The maximum absolute atomic E-state index is 11.8. The first kappa shape index (κ1) is 17.9. The number of ether oxygens (including phenoxy) is 2. The molecule has 0 saturated heterocycles. The van der Waals surface area contributed by atoms with Gasteiger partial charge in [-0.25, -0.2) is 5.43 Å². The molecular formula is C16H13IN4O5. The van der Waals surface area contributed by atoms with E-state index in [-0.39, 0.29) is 30.5 Å². The number of benzene rings is 2. The number of nitro benzene ring substituents is 1. The largest absolute Gasteiger partial charge is 0.454 e. The minimum Gasteiger partial charge on any atom is -0.454 e. The number of carbonyl (C=O) groups excluding carboxylic acids is 1. The number of nitro groups is 1. The summed E-state index contributed by atoms with van der Waals surface area (Å²) in [6.07, 6.45) is 1.20. The van der Waals surface area contributed by atoms with Crippen LogP contribution in [0.2, 0.25) is 0 Å². The van der Waals surface area contributed by atoms with Crippen molar-refractivity contribution >= 4 is 46.1 Å². The van der Waals surface area contributed by atoms with Gasteiger partial charge in [0.2, 0.25) is 6.79 Å². The molecule has 2 aromatic rings. The van der Waals surface area contributed by atoms with Gasteiger partial charge in [-0.2, -0.15) is 5.10 Å². The van der Waals surface area contributed by atoms with Crippen LogP contribution in [-0.2, 0) is 4.79 Å². The summed E-state index contributed by atoms with van der Waals surface area (Å²) in [6, 6.07) is 10.3. The van der Waals surface area contributed by atoms with Gasteiger partial charge >= 0.3 is 0 Å². The number of carbonyl (C=O) groups is 1. The van der Waals surface area contributed by atoms with E-state index >= 15 is 0 Å². The Morgan fingerprint density at radius 2 is 1.96 bits per heavy atom. The Hall–Kier alpha value is -2.89. The van der Waals surface area contributed by atoms with Crippen LogP contribution in [-0.4, -0.2) is 30.4 Å². The van der Waals surface area contributed by atoms with Crippen molar-refractivity contribution in [2.24, 2.45) is 5.10 Å². The summed E-state index contributed by atoms with van der Waals surface area (Å²) in [4.78, 5) is 22.4. The van der Waals surface area contributed by atoms with Gasteiger partial charge in [0.05, 0.1) is 29.3 Å². The fourth-order valence-corrected chi connectivity index (χ4v) is 2.53. The molecule has 0 spiro atoms. The van der Waals surface area contributed by atoms with Gasteiger partial charge in [-0.1, -0.05) is 0 Å². The average Bonchev–Trinajstić information content (AvgIpc) is 3.08. The zero-order valence-electron chi connectivity index (χ0n) is 13.3. The predicted molar refractivity (Wildman–Crippen MR) is 103 cm³/mol. The van der Waals surface area contributed by atoms with E-state index in [1.54, 1.807) is 0 Å². The summed E-state index contributed by atoms with van der Waals surface area (Å²) in [5.41, 5.74) is 3.13. The van der Waals surface area contributed by atoms with Crippen LogP contribution in [0.5, 0.6) is 11.5 Å². The van der Waals surface area contributed by atoms with Gasteiger partial charge in [0.15, 0.2) is 11.5 Å². The van der Waals surface area contributed by atoms with Crippen molar-refractivity contribution in [3.63, 3.8) is 0 Å². The normalized spacial score (nSPS) is 12.2. The minimum atomic E-state index is -0.552. The first-order valence-corrected chi connectivity index (χ1v) is 8.50. The van der Waals surface area contributed by atoms with Crippen LogP contribution in [0.25, 0.3) is 0 Å². The average molecular weight is 468 g/mol. The molecule has 0 aromatic heterocycles. The van der Waals surface area contributed by atoms with Gasteiger partial charge in [-0.05, 0) is 52.9 Å². The molecule has 3 rings (SSSR count). The summed E-state index contributed by atoms with van der Waals surface area (Å²) < 4.78 is 11.4. The molecule has 0 aliphatic carbocycles. The highest BCUT2D eigenvalue weighted by atomic mass is 127. The standard InChI is InChI=1S/C16H13IN4O5/c17-11-1-3-12(4-2-11)18-8-16(22)20-19-7-10-5-14-15(26-9-25-14)6-13(10)21(23)24/h1-7,18H,8-9H2,(H,20,22)/b19-7-. The molecule has 1 heterocycles. The molecule has 0 fully saturated rings. The molecule has 0 radical (unpaired) electrons. The number of hydrazone groups is 1. The molecular weight excluding hydrogens is 455 g/mol. The van der Waals surface area contributed by atoms with Crippen LogP contribution in [0.15, 0.2) is 41.5 Å². The van der Waals surface area contributed by atoms with Crippen molar-refractivity contribution in [3.8, 4) is 11.5 Å². The van der Waals surface area contributed by atoms with Gasteiger partial charge in [0.1, 0.15) is 0 Å². The van der Waals surface area contributed by atoms with Gasteiger partial charge in [0.25, 0.3) is 11.6 Å². The van der Waals surface area contributed by atoms with Crippen LogP contribution in [0.1, 0.15) is 5.56 Å². The Morgan fingerprint density at radius 3 is 2.65 bits per heavy atom. The summed E-state index contributed by atoms with van der Waals surface area (Å²) in [7, 11) is 0. The van der Waals surface area contributed by atoms with Crippen molar-refractivity contribution in [1.29, 1.82) is 0 Å². The summed E-state index contributed by atoms with van der Waals surface area (Å²) in [5.74, 6) is 0.312. The van der Waals surface area contributed by atoms with Crippen LogP contribution in [0.3, 0.4) is 0 Å². The van der Waals surface area contributed by atoms with E-state index < -0.39 is 4.92 Å². The SMILES string of the molecule is O=C(CNc1ccc(I)cc1)N/N=C\c1cc2c(cc1[N+](=O)[O-])OCO2. The molecule has 134 valence electrons. The summed E-state index contributed by atoms with van der Waals surface area (Å²) in [5, 5.41) is 17.9. The van der Waals surface area contributed by atoms with Crippen molar-refractivity contribution < 1.29 is 19.2 Å². The van der Waals surface area contributed by atoms with E-state index in [2.05, 4.69) is 38.4 Å². The van der Waals surface area contributed by atoms with E-state index in [4.69, 9.17) is 9.47 Å². The summed E-state index contributed by atoms with van der Waals surface area (Å²) in [6.45, 7) is 0.0230. The van der Waals surface area contributed by atoms with Gasteiger partial charge in [-0.3, -0.25) is 14.9 Å². The van der Waals surface area contributed by atoms with E-state index in [1.807, 2.05) is 24.3 Å². The molecule has 26 heavy (non-hydrogen) atoms. The number of amides is 1. The second-order valence-electron chi connectivity index (χ2n) is 5.18. The Morgan fingerprint density at radius 1 is 1.27 bits per heavy atom. The zero-order valence-corrected chi connectivity index (χ0v) is 15.4. The smallest absolute Gasteiger partial charge is 0.282 e. The topological polar surface area (TPSA) is 115 Å². The highest BCUT2D eigenvalue weighted by Crippen LogP contribution is 2.37. The molecule has 0 atom stereocenters. The maximum atomic E-state index is 11.8. The van der Waals surface area contributed by atoms with Crippen LogP contribution in [0.4, 0.5) is 11.4 Å². The van der Waals surface area contributed by atoms with Crippen molar-refractivity contribution in [2.75, 3.05) is 18.7 Å². The maximum Gasteiger partial charge on any atom is 0.282 e. The number of hydrogen-bond donors (Lipinski definition) is 2. The second-order valence-corrected chi connectivity index (χ2v) is 6.42. The lowest BCUT2D eigenvalue weighted by atomic mass is 10.1. The highest BCUT2D eigenvalue weighted by Gasteiger charge is 2.22. The number of halogens is 1. The number of fused-ring (bicyclic) bond motifs is 1. The molecule has 2 N–H and O–H groups in total. The van der Waals surface area contributed by atoms with Crippen molar-refractivity contribution in [2.45, 2.75) is 0 Å². The molecule has 2 aromatic carbocycles. The Balaban J connectivity index is 1.60. The third-order valence-corrected chi connectivity index (χ3v) is 4.13. The number of nitrogens with zero attached hydrogens (tertiary/aromatic N) is 2. The zero-order chi connectivity index (χ0) is 18.5. The van der Waals surface area contributed by atoms with Crippen molar-refractivity contribution in [3.05, 3.63) is 55.6 Å². The fraction of sp³-hybridized carbons (Fsp3) is 0.125. The Bertz CT molecular complexity index is 870. The number of nitrogens with one attached hydrogen (secondary N) is 2. The Labute approximate surface area is 161 Å². The van der Waals surface area contributed by atoms with Crippen LogP contribution < -0.4 is 20.2 Å². The lowest BCUT2D eigenvalue weighted by Crippen LogP contribution is -2.25. The number of hydrogen-bond acceptors (Lipinski definition) is 7. The quantitative estimate of drug-likeness (QED) is 0.292. The van der Waals surface area contributed by atoms with E-state index in [9.17, 15) is 14.9 Å². The first-order chi connectivity index (χ1) is 12.5. The molecule has 10 heteroatoms. The molecule has 1 aliphatic heterocycles. The molecule has 1 aliphatic rings.